The minimum absolute atomic E-state index is 0. The van der Waals surface area contributed by atoms with Crippen LogP contribution in [-0.2, 0) is 16.9 Å². The number of rotatable bonds is 5. The zero-order valence-corrected chi connectivity index (χ0v) is 18.3. The Balaban J connectivity index is 0.00000196. The number of piperidine rings is 1. The normalized spacial score (nSPS) is 17.0. The van der Waals surface area contributed by atoms with Gasteiger partial charge in [-0.25, -0.2) is 0 Å². The maximum absolute atomic E-state index is 12.7. The van der Waals surface area contributed by atoms with E-state index in [4.69, 9.17) is 17.3 Å². The second kappa shape index (κ2) is 11.0. The lowest BCUT2D eigenvalue weighted by molar-refractivity contribution is -0.127. The van der Waals surface area contributed by atoms with Crippen LogP contribution >= 0.6 is 36.4 Å². The first-order chi connectivity index (χ1) is 12.4. The van der Waals surface area contributed by atoms with Crippen LogP contribution in [0, 0.1) is 0 Å². The van der Waals surface area contributed by atoms with Gasteiger partial charge in [-0.2, -0.15) is 0 Å². The number of nitrogens with zero attached hydrogens (tertiary/aromatic N) is 1. The van der Waals surface area contributed by atoms with Gasteiger partial charge in [0.25, 0.3) is 0 Å². The van der Waals surface area contributed by atoms with E-state index in [1.807, 2.05) is 42.5 Å². The standard InChI is InChI=1S/C21H26ClN3O.2ClH/c1-21(23,17-5-3-2-4-6-17)20(26)24-19-11-13-25(14-12-19)15-16-7-9-18(22)10-8-16;;/h2-10,19H,11-15,23H2,1H3,(H,24,26);2*1H. The molecule has 0 aromatic heterocycles. The summed E-state index contributed by atoms with van der Waals surface area (Å²) >= 11 is 5.94. The van der Waals surface area contributed by atoms with Crippen molar-refractivity contribution < 1.29 is 4.79 Å². The molecule has 0 bridgehead atoms. The van der Waals surface area contributed by atoms with Crippen molar-refractivity contribution in [1.29, 1.82) is 0 Å². The molecule has 0 radical (unpaired) electrons. The highest BCUT2D eigenvalue weighted by atomic mass is 35.5. The van der Waals surface area contributed by atoms with E-state index in [1.54, 1.807) is 6.92 Å². The number of halogens is 3. The summed E-state index contributed by atoms with van der Waals surface area (Å²) in [4.78, 5) is 15.1. The molecule has 2 aromatic rings. The van der Waals surface area contributed by atoms with Crippen LogP contribution in [0.1, 0.15) is 30.9 Å². The van der Waals surface area contributed by atoms with Crippen molar-refractivity contribution in [3.05, 3.63) is 70.7 Å². The van der Waals surface area contributed by atoms with Gasteiger partial charge in [0.05, 0.1) is 0 Å². The number of carbonyl (C=O) groups is 1. The van der Waals surface area contributed by atoms with Crippen LogP contribution in [0.25, 0.3) is 0 Å². The van der Waals surface area contributed by atoms with Gasteiger partial charge in [0.15, 0.2) is 0 Å². The molecular weight excluding hydrogens is 417 g/mol. The number of benzene rings is 2. The predicted molar refractivity (Wildman–Crippen MR) is 120 cm³/mol. The molecule has 1 aliphatic rings. The number of hydrogen-bond donors (Lipinski definition) is 2. The molecule has 3 N–H and O–H groups in total. The van der Waals surface area contributed by atoms with Crippen molar-refractivity contribution in [2.75, 3.05) is 13.1 Å². The molecule has 2 aromatic carbocycles. The fourth-order valence-corrected chi connectivity index (χ4v) is 3.46. The van der Waals surface area contributed by atoms with E-state index in [-0.39, 0.29) is 36.8 Å². The van der Waals surface area contributed by atoms with E-state index in [2.05, 4.69) is 22.3 Å². The fourth-order valence-electron chi connectivity index (χ4n) is 3.33. The molecule has 1 fully saturated rings. The lowest BCUT2D eigenvalue weighted by Crippen LogP contribution is -2.54. The summed E-state index contributed by atoms with van der Waals surface area (Å²) < 4.78 is 0. The third-order valence-corrected chi connectivity index (χ3v) is 5.34. The first-order valence-corrected chi connectivity index (χ1v) is 9.45. The van der Waals surface area contributed by atoms with Crippen molar-refractivity contribution in [3.8, 4) is 0 Å². The average molecular weight is 445 g/mol. The Morgan fingerprint density at radius 2 is 1.68 bits per heavy atom. The van der Waals surface area contributed by atoms with Crippen molar-refractivity contribution in [2.45, 2.75) is 37.9 Å². The Hall–Kier alpha value is -1.30. The zero-order valence-electron chi connectivity index (χ0n) is 15.9. The van der Waals surface area contributed by atoms with Crippen molar-refractivity contribution in [3.63, 3.8) is 0 Å². The first kappa shape index (κ1) is 24.7. The molecule has 1 saturated heterocycles. The highest BCUT2D eigenvalue weighted by Gasteiger charge is 2.32. The molecule has 1 aliphatic heterocycles. The number of nitrogens with one attached hydrogen (secondary N) is 1. The SMILES string of the molecule is CC(N)(C(=O)NC1CCN(Cc2ccc(Cl)cc2)CC1)c1ccccc1.Cl.Cl. The minimum atomic E-state index is -1.01. The van der Waals surface area contributed by atoms with Crippen LogP contribution in [0.15, 0.2) is 54.6 Å². The molecule has 1 atom stereocenters. The van der Waals surface area contributed by atoms with E-state index >= 15 is 0 Å². The average Bonchev–Trinajstić information content (AvgIpc) is 2.66. The molecule has 3 rings (SSSR count). The summed E-state index contributed by atoms with van der Waals surface area (Å²) in [6.45, 7) is 4.60. The van der Waals surface area contributed by atoms with Crippen LogP contribution in [0.2, 0.25) is 5.02 Å². The number of amides is 1. The van der Waals surface area contributed by atoms with E-state index in [1.165, 1.54) is 5.56 Å². The number of carbonyl (C=O) groups excluding carboxylic acids is 1. The largest absolute Gasteiger partial charge is 0.351 e. The summed E-state index contributed by atoms with van der Waals surface area (Å²) in [7, 11) is 0. The second-order valence-electron chi connectivity index (χ2n) is 7.22. The summed E-state index contributed by atoms with van der Waals surface area (Å²) in [5, 5.41) is 3.90. The van der Waals surface area contributed by atoms with Crippen LogP contribution < -0.4 is 11.1 Å². The van der Waals surface area contributed by atoms with Crippen molar-refractivity contribution >= 4 is 42.3 Å². The van der Waals surface area contributed by atoms with Crippen LogP contribution in [0.4, 0.5) is 0 Å². The number of nitrogens with two attached hydrogens (primary N) is 1. The quantitative estimate of drug-likeness (QED) is 0.729. The van der Waals surface area contributed by atoms with Crippen LogP contribution in [0.5, 0.6) is 0 Å². The topological polar surface area (TPSA) is 58.4 Å². The van der Waals surface area contributed by atoms with E-state index < -0.39 is 5.54 Å². The fraction of sp³-hybridized carbons (Fsp3) is 0.381. The molecule has 28 heavy (non-hydrogen) atoms. The summed E-state index contributed by atoms with van der Waals surface area (Å²) in [5.74, 6) is -0.111. The lowest BCUT2D eigenvalue weighted by Gasteiger charge is -2.34. The van der Waals surface area contributed by atoms with Crippen LogP contribution in [0.3, 0.4) is 0 Å². The Morgan fingerprint density at radius 3 is 2.25 bits per heavy atom. The second-order valence-corrected chi connectivity index (χ2v) is 7.66. The van der Waals surface area contributed by atoms with Gasteiger partial charge in [-0.05, 0) is 43.0 Å². The zero-order chi connectivity index (χ0) is 18.6. The molecule has 1 heterocycles. The third-order valence-electron chi connectivity index (χ3n) is 5.09. The smallest absolute Gasteiger partial charge is 0.244 e. The van der Waals surface area contributed by atoms with Gasteiger partial charge < -0.3 is 11.1 Å². The molecule has 7 heteroatoms. The molecule has 4 nitrogen and oxygen atoms in total. The van der Waals surface area contributed by atoms with Gasteiger partial charge in [0, 0.05) is 30.7 Å². The Bertz CT molecular complexity index is 730. The van der Waals surface area contributed by atoms with Crippen LogP contribution in [-0.4, -0.2) is 29.9 Å². The molecule has 0 spiro atoms. The molecule has 0 aliphatic carbocycles. The maximum Gasteiger partial charge on any atom is 0.244 e. The highest BCUT2D eigenvalue weighted by molar-refractivity contribution is 6.30. The van der Waals surface area contributed by atoms with Gasteiger partial charge in [0.2, 0.25) is 5.91 Å². The molecule has 1 unspecified atom stereocenters. The van der Waals surface area contributed by atoms with E-state index in [0.29, 0.717) is 0 Å². The van der Waals surface area contributed by atoms with Gasteiger partial charge in [-0.1, -0.05) is 54.1 Å². The Labute approximate surface area is 184 Å². The molecule has 154 valence electrons. The lowest BCUT2D eigenvalue weighted by atomic mass is 9.91. The van der Waals surface area contributed by atoms with Crippen molar-refractivity contribution in [2.24, 2.45) is 5.73 Å². The van der Waals surface area contributed by atoms with Gasteiger partial charge in [0.1, 0.15) is 5.54 Å². The first-order valence-electron chi connectivity index (χ1n) is 9.07. The highest BCUT2D eigenvalue weighted by Crippen LogP contribution is 2.20. The Morgan fingerprint density at radius 1 is 1.11 bits per heavy atom. The van der Waals surface area contributed by atoms with Gasteiger partial charge in [-0.3, -0.25) is 9.69 Å². The predicted octanol–water partition coefficient (Wildman–Crippen LogP) is 4.14. The van der Waals surface area contributed by atoms with Gasteiger partial charge in [-0.15, -0.1) is 24.8 Å². The molecular formula is C21H28Cl3N3O. The van der Waals surface area contributed by atoms with Gasteiger partial charge >= 0.3 is 0 Å². The maximum atomic E-state index is 12.7. The Kier molecular flexibility index (Phi) is 9.75. The minimum Gasteiger partial charge on any atom is -0.351 e. The van der Waals surface area contributed by atoms with E-state index in [0.717, 1.165) is 43.1 Å². The monoisotopic (exact) mass is 443 g/mol. The molecule has 0 saturated carbocycles. The molecule has 1 amide bonds. The number of likely N-dealkylation sites (tertiary alicyclic amines) is 1. The summed E-state index contributed by atoms with van der Waals surface area (Å²) in [5.41, 5.74) is 7.39. The summed E-state index contributed by atoms with van der Waals surface area (Å²) in [6, 6.07) is 17.7. The van der Waals surface area contributed by atoms with Crippen molar-refractivity contribution in [1.82, 2.24) is 10.2 Å². The van der Waals surface area contributed by atoms with E-state index in [9.17, 15) is 4.79 Å². The third kappa shape index (κ3) is 6.36. The summed E-state index contributed by atoms with van der Waals surface area (Å²) in [6.07, 6.45) is 1.87. The number of hydrogen-bond acceptors (Lipinski definition) is 3.